The molecule has 1 rings (SSSR count). The Bertz CT molecular complexity index is 302. The van der Waals surface area contributed by atoms with Crippen LogP contribution in [0.25, 0.3) is 0 Å². The minimum atomic E-state index is -0.981. The van der Waals surface area contributed by atoms with Crippen LogP contribution in [0, 0.1) is 11.6 Å². The van der Waals surface area contributed by atoms with Crippen LogP contribution < -0.4 is 0 Å². The van der Waals surface area contributed by atoms with Crippen LogP contribution in [-0.2, 0) is 0 Å². The highest BCUT2D eigenvalue weighted by atomic mass is 19.1. The highest BCUT2D eigenvalue weighted by molar-refractivity contribution is 5.80. The van der Waals surface area contributed by atoms with Gasteiger partial charge in [0.2, 0.25) is 0 Å². The summed E-state index contributed by atoms with van der Waals surface area (Å²) in [7, 11) is 0. The molecule has 0 aromatic heterocycles. The van der Waals surface area contributed by atoms with E-state index < -0.39 is 22.9 Å². The van der Waals surface area contributed by atoms with E-state index in [1.807, 2.05) is 0 Å². The second-order valence-corrected chi connectivity index (χ2v) is 2.07. The fraction of sp³-hybridized carbons (Fsp3) is 0. The maximum atomic E-state index is 12.7. The van der Waals surface area contributed by atoms with Crippen LogP contribution in [0.5, 0.6) is 5.75 Å². The number of hydrogen-bond donors (Lipinski definition) is 2. The Balaban J connectivity index is 3.28. The van der Waals surface area contributed by atoms with Crippen molar-refractivity contribution in [2.24, 2.45) is 5.16 Å². The number of phenolic OH excluding ortho intramolecular Hbond substituents is 1. The van der Waals surface area contributed by atoms with Crippen molar-refractivity contribution in [3.63, 3.8) is 0 Å². The Labute approximate surface area is 66.6 Å². The summed E-state index contributed by atoms with van der Waals surface area (Å²) in [6.07, 6.45) is 0.615. The molecule has 2 N–H and O–H groups in total. The summed E-state index contributed by atoms with van der Waals surface area (Å²) < 4.78 is 25.4. The summed E-state index contributed by atoms with van der Waals surface area (Å²) >= 11 is 0. The molecule has 0 saturated heterocycles. The average molecular weight is 173 g/mol. The smallest absolute Gasteiger partial charge is 0.138 e. The second kappa shape index (κ2) is 3.17. The van der Waals surface area contributed by atoms with Crippen LogP contribution in [0.2, 0.25) is 0 Å². The molecule has 0 atom stereocenters. The number of nitrogens with zero attached hydrogens (tertiary/aromatic N) is 1. The first-order valence-electron chi connectivity index (χ1n) is 3.00. The molecule has 0 fully saturated rings. The summed E-state index contributed by atoms with van der Waals surface area (Å²) in [6.45, 7) is 0. The Hall–Kier alpha value is -1.65. The molecular formula is C7H5F2NO2. The van der Waals surface area contributed by atoms with Crippen molar-refractivity contribution in [2.45, 2.75) is 0 Å². The van der Waals surface area contributed by atoms with Gasteiger partial charge in [-0.05, 0) is 0 Å². The third-order valence-electron chi connectivity index (χ3n) is 1.25. The Morgan fingerprint density at radius 1 is 1.25 bits per heavy atom. The van der Waals surface area contributed by atoms with E-state index in [2.05, 4.69) is 5.16 Å². The molecule has 0 unspecified atom stereocenters. The van der Waals surface area contributed by atoms with Gasteiger partial charge in [0.15, 0.2) is 0 Å². The topological polar surface area (TPSA) is 52.8 Å². The average Bonchev–Trinajstić information content (AvgIpc) is 1.96. The Kier molecular flexibility index (Phi) is 2.23. The van der Waals surface area contributed by atoms with E-state index in [9.17, 15) is 8.78 Å². The maximum absolute atomic E-state index is 12.7. The summed E-state index contributed by atoms with van der Waals surface area (Å²) in [5.74, 6) is -2.48. The van der Waals surface area contributed by atoms with Crippen LogP contribution in [0.4, 0.5) is 8.78 Å². The van der Waals surface area contributed by atoms with Gasteiger partial charge in [-0.25, -0.2) is 8.78 Å². The number of halogens is 2. The van der Waals surface area contributed by atoms with Crippen molar-refractivity contribution in [2.75, 3.05) is 0 Å². The van der Waals surface area contributed by atoms with E-state index in [0.717, 1.165) is 12.1 Å². The molecule has 0 saturated carbocycles. The number of phenols is 1. The van der Waals surface area contributed by atoms with Crippen molar-refractivity contribution in [1.29, 1.82) is 0 Å². The molecule has 1 aromatic carbocycles. The lowest BCUT2D eigenvalue weighted by Gasteiger charge is -1.98. The van der Waals surface area contributed by atoms with Gasteiger partial charge in [0.25, 0.3) is 0 Å². The molecule has 0 aliphatic heterocycles. The van der Waals surface area contributed by atoms with Gasteiger partial charge in [0.1, 0.15) is 17.4 Å². The highest BCUT2D eigenvalue weighted by Gasteiger charge is 2.08. The van der Waals surface area contributed by atoms with Crippen molar-refractivity contribution in [3.05, 3.63) is 29.3 Å². The third-order valence-corrected chi connectivity index (χ3v) is 1.25. The van der Waals surface area contributed by atoms with Crippen molar-refractivity contribution >= 4 is 6.21 Å². The minimum Gasteiger partial charge on any atom is -0.508 e. The lowest BCUT2D eigenvalue weighted by Crippen LogP contribution is -1.93. The van der Waals surface area contributed by atoms with Crippen LogP contribution in [0.1, 0.15) is 5.56 Å². The molecule has 0 aliphatic rings. The number of aromatic hydroxyl groups is 1. The van der Waals surface area contributed by atoms with Gasteiger partial charge in [-0.15, -0.1) is 0 Å². The molecule has 5 heteroatoms. The van der Waals surface area contributed by atoms with Crippen LogP contribution in [0.3, 0.4) is 0 Å². The standard InChI is InChI=1S/C7H5F2NO2/c8-6-1-4(11)2-7(9)5(6)3-10-12/h1-3,11-12H. The van der Waals surface area contributed by atoms with E-state index >= 15 is 0 Å². The summed E-state index contributed by atoms with van der Waals surface area (Å²) in [5.41, 5.74) is -0.490. The van der Waals surface area contributed by atoms with Gasteiger partial charge in [0.05, 0.1) is 11.8 Å². The number of hydrogen-bond acceptors (Lipinski definition) is 3. The first kappa shape index (κ1) is 8.45. The third kappa shape index (κ3) is 1.50. The van der Waals surface area contributed by atoms with Crippen LogP contribution >= 0.6 is 0 Å². The van der Waals surface area contributed by atoms with Crippen LogP contribution in [-0.4, -0.2) is 16.5 Å². The van der Waals surface area contributed by atoms with E-state index in [1.165, 1.54) is 0 Å². The molecule has 0 spiro atoms. The van der Waals surface area contributed by atoms with E-state index in [0.29, 0.717) is 6.21 Å². The van der Waals surface area contributed by atoms with Gasteiger partial charge in [0, 0.05) is 12.1 Å². The first-order chi connectivity index (χ1) is 5.65. The predicted molar refractivity (Wildman–Crippen MR) is 37.4 cm³/mol. The van der Waals surface area contributed by atoms with Crippen LogP contribution in [0.15, 0.2) is 17.3 Å². The van der Waals surface area contributed by atoms with E-state index in [4.69, 9.17) is 10.3 Å². The lowest BCUT2D eigenvalue weighted by molar-refractivity contribution is 0.321. The van der Waals surface area contributed by atoms with E-state index in [-0.39, 0.29) is 0 Å². The van der Waals surface area contributed by atoms with Gasteiger partial charge < -0.3 is 10.3 Å². The van der Waals surface area contributed by atoms with Crippen molar-refractivity contribution in [3.8, 4) is 5.75 Å². The summed E-state index contributed by atoms with van der Waals surface area (Å²) in [6, 6.07) is 1.44. The number of oxime groups is 1. The molecule has 0 aliphatic carbocycles. The molecule has 0 bridgehead atoms. The normalized spacial score (nSPS) is 10.8. The van der Waals surface area contributed by atoms with Crippen molar-refractivity contribution in [1.82, 2.24) is 0 Å². The van der Waals surface area contributed by atoms with Gasteiger partial charge >= 0.3 is 0 Å². The second-order valence-electron chi connectivity index (χ2n) is 2.07. The molecule has 0 heterocycles. The number of benzene rings is 1. The lowest BCUT2D eigenvalue weighted by atomic mass is 10.2. The monoisotopic (exact) mass is 173 g/mol. The fourth-order valence-corrected chi connectivity index (χ4v) is 0.752. The zero-order valence-electron chi connectivity index (χ0n) is 5.83. The maximum Gasteiger partial charge on any atom is 0.138 e. The van der Waals surface area contributed by atoms with Gasteiger partial charge in [-0.2, -0.15) is 0 Å². The minimum absolute atomic E-state index is 0.490. The fourth-order valence-electron chi connectivity index (χ4n) is 0.752. The molecule has 12 heavy (non-hydrogen) atoms. The van der Waals surface area contributed by atoms with E-state index in [1.54, 1.807) is 0 Å². The zero-order chi connectivity index (χ0) is 9.14. The molecule has 0 amide bonds. The summed E-state index contributed by atoms with van der Waals surface area (Å²) in [5, 5.41) is 19.2. The highest BCUT2D eigenvalue weighted by Crippen LogP contribution is 2.17. The summed E-state index contributed by atoms with van der Waals surface area (Å²) in [4.78, 5) is 0. The molecule has 0 radical (unpaired) electrons. The Morgan fingerprint density at radius 2 is 1.75 bits per heavy atom. The first-order valence-corrected chi connectivity index (χ1v) is 3.00. The molecule has 3 nitrogen and oxygen atoms in total. The predicted octanol–water partition coefficient (Wildman–Crippen LogP) is 1.48. The van der Waals surface area contributed by atoms with Gasteiger partial charge in [-0.1, -0.05) is 5.16 Å². The molecule has 64 valence electrons. The molecule has 1 aromatic rings. The quantitative estimate of drug-likeness (QED) is 0.384. The zero-order valence-corrected chi connectivity index (χ0v) is 5.83. The van der Waals surface area contributed by atoms with Gasteiger partial charge in [-0.3, -0.25) is 0 Å². The molecular weight excluding hydrogens is 168 g/mol. The SMILES string of the molecule is ON=Cc1c(F)cc(O)cc1F. The van der Waals surface area contributed by atoms with Crippen molar-refractivity contribution < 1.29 is 19.1 Å². The Morgan fingerprint density at radius 3 is 2.17 bits per heavy atom. The number of rotatable bonds is 1. The largest absolute Gasteiger partial charge is 0.508 e.